The van der Waals surface area contributed by atoms with Crippen molar-refractivity contribution < 1.29 is 27.0 Å². The van der Waals surface area contributed by atoms with Gasteiger partial charge in [0.2, 0.25) is 5.82 Å². The van der Waals surface area contributed by atoms with E-state index in [0.29, 0.717) is 6.42 Å². The van der Waals surface area contributed by atoms with E-state index >= 15 is 0 Å². The van der Waals surface area contributed by atoms with Crippen molar-refractivity contribution in [3.05, 3.63) is 69.8 Å². The van der Waals surface area contributed by atoms with E-state index in [4.69, 9.17) is 0 Å². The molecular formula is C21H18BrF4N7O2S. The molecule has 1 aromatic carbocycles. The zero-order chi connectivity index (χ0) is 26.0. The van der Waals surface area contributed by atoms with Crippen molar-refractivity contribution in [3.8, 4) is 0 Å². The summed E-state index contributed by atoms with van der Waals surface area (Å²) in [6, 6.07) is 3.32. The van der Waals surface area contributed by atoms with Gasteiger partial charge >= 0.3 is 6.18 Å². The number of hydrogen-bond acceptors (Lipinski definition) is 8. The van der Waals surface area contributed by atoms with Gasteiger partial charge in [-0.1, -0.05) is 37.1 Å². The van der Waals surface area contributed by atoms with Crippen LogP contribution in [0.25, 0.3) is 0 Å². The van der Waals surface area contributed by atoms with Crippen LogP contribution in [0, 0.1) is 5.82 Å². The SMILES string of the molecule is CN1CC(C(=O)Nc2nonc2C(=Nc2ccc(F)c(Br)c2)NS)=C(C(F)(F)F)N1C1C=CC=CC1. The van der Waals surface area contributed by atoms with Gasteiger partial charge in [-0.15, -0.1) is 0 Å². The first-order valence-corrected chi connectivity index (χ1v) is 11.6. The third kappa shape index (κ3) is 5.32. The Bertz CT molecular complexity index is 1290. The van der Waals surface area contributed by atoms with Gasteiger partial charge in [-0.3, -0.25) is 9.80 Å². The fourth-order valence-corrected chi connectivity index (χ4v) is 4.28. The van der Waals surface area contributed by atoms with Crippen molar-refractivity contribution in [2.75, 3.05) is 18.9 Å². The third-order valence-corrected chi connectivity index (χ3v) is 6.10. The maximum atomic E-state index is 14.1. The summed E-state index contributed by atoms with van der Waals surface area (Å²) in [5.74, 6) is -1.87. The highest BCUT2D eigenvalue weighted by atomic mass is 79.9. The normalized spacial score (nSPS) is 18.8. The first-order valence-electron chi connectivity index (χ1n) is 10.3. The molecule has 15 heteroatoms. The van der Waals surface area contributed by atoms with Crippen LogP contribution in [0.5, 0.6) is 0 Å². The van der Waals surface area contributed by atoms with E-state index in [1.165, 1.54) is 30.3 Å². The second-order valence-electron chi connectivity index (χ2n) is 7.69. The van der Waals surface area contributed by atoms with Gasteiger partial charge in [0.25, 0.3) is 5.91 Å². The van der Waals surface area contributed by atoms with E-state index in [2.05, 4.69) is 58.7 Å². The number of aromatic nitrogens is 2. The average molecular weight is 588 g/mol. The van der Waals surface area contributed by atoms with Crippen LogP contribution in [0.1, 0.15) is 12.1 Å². The van der Waals surface area contributed by atoms with Gasteiger partial charge in [0.15, 0.2) is 11.5 Å². The molecule has 9 nitrogen and oxygen atoms in total. The summed E-state index contributed by atoms with van der Waals surface area (Å²) in [6.45, 7) is -0.287. The number of likely N-dealkylation sites (N-methyl/N-ethyl adjacent to an activating group) is 1. The molecule has 0 bridgehead atoms. The number of carbonyl (C=O) groups excluding carboxylic acids is 1. The number of hydrazine groups is 1. The van der Waals surface area contributed by atoms with E-state index in [9.17, 15) is 22.4 Å². The summed E-state index contributed by atoms with van der Waals surface area (Å²) in [5.41, 5.74) is -1.41. The zero-order valence-corrected chi connectivity index (χ0v) is 20.9. The minimum atomic E-state index is -4.80. The number of carbonyl (C=O) groups is 1. The predicted octanol–water partition coefficient (Wildman–Crippen LogP) is 4.29. The van der Waals surface area contributed by atoms with E-state index in [0.717, 1.165) is 5.01 Å². The Hall–Kier alpha value is -3.17. The molecule has 1 aliphatic carbocycles. The summed E-state index contributed by atoms with van der Waals surface area (Å²) in [4.78, 5) is 17.3. The molecule has 2 aromatic rings. The van der Waals surface area contributed by atoms with Gasteiger partial charge in [0, 0.05) is 7.05 Å². The number of thiol groups is 1. The molecule has 0 fully saturated rings. The lowest BCUT2D eigenvalue weighted by molar-refractivity contribution is -0.133. The summed E-state index contributed by atoms with van der Waals surface area (Å²) in [5, 5.41) is 12.0. The molecule has 36 heavy (non-hydrogen) atoms. The van der Waals surface area contributed by atoms with Gasteiger partial charge in [-0.25, -0.2) is 19.0 Å². The molecule has 1 amide bonds. The molecular weight excluding hydrogens is 570 g/mol. The Labute approximate surface area is 216 Å². The number of allylic oxidation sites excluding steroid dienone is 3. The number of amides is 1. The second-order valence-corrected chi connectivity index (χ2v) is 8.77. The lowest BCUT2D eigenvalue weighted by atomic mass is 10.1. The van der Waals surface area contributed by atoms with Crippen molar-refractivity contribution >= 4 is 52.0 Å². The van der Waals surface area contributed by atoms with Gasteiger partial charge in [0.1, 0.15) is 11.5 Å². The second kappa shape index (κ2) is 10.4. The van der Waals surface area contributed by atoms with E-state index < -0.39 is 35.2 Å². The number of halogens is 5. The number of aliphatic imine (C=N–C) groups is 1. The monoisotopic (exact) mass is 587 g/mol. The van der Waals surface area contributed by atoms with Crippen LogP contribution in [0.15, 0.2) is 67.9 Å². The Morgan fingerprint density at radius 3 is 2.72 bits per heavy atom. The van der Waals surface area contributed by atoms with Crippen molar-refractivity contribution in [2.45, 2.75) is 18.6 Å². The van der Waals surface area contributed by atoms with Crippen LogP contribution < -0.4 is 10.0 Å². The lowest BCUT2D eigenvalue weighted by Gasteiger charge is -2.36. The van der Waals surface area contributed by atoms with Crippen molar-refractivity contribution in [1.82, 2.24) is 25.1 Å². The molecule has 1 aliphatic heterocycles. The van der Waals surface area contributed by atoms with Crippen molar-refractivity contribution in [3.63, 3.8) is 0 Å². The number of alkyl halides is 3. The largest absolute Gasteiger partial charge is 0.433 e. The maximum absolute atomic E-state index is 14.1. The highest BCUT2D eigenvalue weighted by Crippen LogP contribution is 2.39. The Balaban J connectivity index is 1.65. The molecule has 4 rings (SSSR count). The molecule has 1 atom stereocenters. The minimum Gasteiger partial charge on any atom is -0.315 e. The van der Waals surface area contributed by atoms with Crippen molar-refractivity contribution in [2.24, 2.45) is 4.99 Å². The standard InChI is InChI=1S/C21H18BrF4N7O2S/c1-32-10-13(17(21(24,25)26)33(32)12-5-3-2-4-6-12)20(34)28-18-16(29-35-30-18)19(31-36)27-11-7-8-15(23)14(22)9-11/h2-5,7-9,12,36H,6,10H2,1H3,(H,27,31)(H,28,30,34). The van der Waals surface area contributed by atoms with Gasteiger partial charge in [-0.2, -0.15) is 13.2 Å². The molecule has 0 radical (unpaired) electrons. The lowest BCUT2D eigenvalue weighted by Crippen LogP contribution is -2.44. The highest BCUT2D eigenvalue weighted by molar-refractivity contribution is 9.10. The van der Waals surface area contributed by atoms with E-state index in [1.807, 2.05) is 0 Å². The molecule has 2 heterocycles. The number of benzene rings is 1. The average Bonchev–Trinajstić information content (AvgIpc) is 3.44. The molecule has 1 aromatic heterocycles. The molecule has 190 valence electrons. The van der Waals surface area contributed by atoms with Gasteiger partial charge in [-0.05, 0) is 50.9 Å². The Morgan fingerprint density at radius 1 is 1.31 bits per heavy atom. The quantitative estimate of drug-likeness (QED) is 0.208. The number of nitrogens with zero attached hydrogens (tertiary/aromatic N) is 5. The van der Waals surface area contributed by atoms with Crippen LogP contribution in [0.4, 0.5) is 29.1 Å². The molecule has 2 N–H and O–H groups in total. The zero-order valence-electron chi connectivity index (χ0n) is 18.4. The smallest absolute Gasteiger partial charge is 0.315 e. The summed E-state index contributed by atoms with van der Waals surface area (Å²) >= 11 is 7.02. The number of amidine groups is 1. The summed E-state index contributed by atoms with van der Waals surface area (Å²) in [6.07, 6.45) is 2.34. The van der Waals surface area contributed by atoms with E-state index in [-0.39, 0.29) is 34.1 Å². The van der Waals surface area contributed by atoms with Crippen LogP contribution in [0.2, 0.25) is 0 Å². The first-order chi connectivity index (χ1) is 17.1. The highest BCUT2D eigenvalue weighted by Gasteiger charge is 2.49. The van der Waals surface area contributed by atoms with Crippen LogP contribution >= 0.6 is 28.7 Å². The maximum Gasteiger partial charge on any atom is 0.433 e. The van der Waals surface area contributed by atoms with E-state index in [1.54, 1.807) is 24.3 Å². The number of anilines is 1. The first kappa shape index (κ1) is 25.9. The van der Waals surface area contributed by atoms with Crippen LogP contribution in [-0.4, -0.2) is 57.9 Å². The molecule has 1 unspecified atom stereocenters. The Morgan fingerprint density at radius 2 is 2.08 bits per heavy atom. The molecule has 0 spiro atoms. The fourth-order valence-electron chi connectivity index (χ4n) is 3.76. The van der Waals surface area contributed by atoms with Crippen LogP contribution in [-0.2, 0) is 4.79 Å². The van der Waals surface area contributed by atoms with Crippen molar-refractivity contribution in [1.29, 1.82) is 0 Å². The minimum absolute atomic E-state index is 0.0530. The van der Waals surface area contributed by atoms with Gasteiger partial charge in [0.05, 0.1) is 28.3 Å². The number of hydrogen-bond donors (Lipinski definition) is 3. The summed E-state index contributed by atoms with van der Waals surface area (Å²) in [7, 11) is 1.47. The third-order valence-electron chi connectivity index (χ3n) is 5.28. The number of rotatable bonds is 5. The van der Waals surface area contributed by atoms with Crippen LogP contribution in [0.3, 0.4) is 0 Å². The topological polar surface area (TPSA) is 98.9 Å². The predicted molar refractivity (Wildman–Crippen MR) is 130 cm³/mol. The molecule has 0 saturated carbocycles. The fraction of sp³-hybridized carbons (Fsp3) is 0.238. The number of nitrogens with one attached hydrogen (secondary N) is 2. The summed E-state index contributed by atoms with van der Waals surface area (Å²) < 4.78 is 63.2. The molecule has 2 aliphatic rings. The molecule has 0 saturated heterocycles. The van der Waals surface area contributed by atoms with Gasteiger partial charge < -0.3 is 10.0 Å². The Kier molecular flexibility index (Phi) is 7.51.